The Morgan fingerprint density at radius 2 is 1.68 bits per heavy atom. The molecule has 5 rings (SSSR count). The third kappa shape index (κ3) is 3.97. The average molecular weight is 384 g/mol. The van der Waals surface area contributed by atoms with Crippen LogP contribution < -0.4 is 5.32 Å². The lowest BCUT2D eigenvalue weighted by Crippen LogP contribution is -2.56. The highest BCUT2D eigenvalue weighted by Crippen LogP contribution is 2.61. The Balaban J connectivity index is 1.26. The topological polar surface area (TPSA) is 55.4 Å². The van der Waals surface area contributed by atoms with Crippen molar-refractivity contribution in [1.29, 1.82) is 0 Å². The third-order valence-corrected chi connectivity index (χ3v) is 7.67. The van der Waals surface area contributed by atoms with Crippen LogP contribution in [0.5, 0.6) is 0 Å². The van der Waals surface area contributed by atoms with E-state index < -0.39 is 0 Å². The van der Waals surface area contributed by atoms with Crippen LogP contribution in [0.1, 0.15) is 62.1 Å². The van der Waals surface area contributed by atoms with Gasteiger partial charge in [-0.3, -0.25) is 9.59 Å². The molecule has 0 radical (unpaired) electrons. The summed E-state index contributed by atoms with van der Waals surface area (Å²) in [7, 11) is 0. The monoisotopic (exact) mass is 383 g/mol. The van der Waals surface area contributed by atoms with Crippen molar-refractivity contribution in [3.8, 4) is 0 Å². The number of rotatable bonds is 6. The van der Waals surface area contributed by atoms with Gasteiger partial charge in [0, 0.05) is 6.04 Å². The van der Waals surface area contributed by atoms with Gasteiger partial charge in [0.15, 0.2) is 6.61 Å². The van der Waals surface area contributed by atoms with Crippen LogP contribution in [0.2, 0.25) is 0 Å². The van der Waals surface area contributed by atoms with E-state index in [1.807, 2.05) is 32.0 Å². The van der Waals surface area contributed by atoms with Crippen LogP contribution in [0.3, 0.4) is 0 Å². The van der Waals surface area contributed by atoms with Crippen molar-refractivity contribution >= 4 is 11.9 Å². The van der Waals surface area contributed by atoms with E-state index in [1.165, 1.54) is 44.1 Å². The molecule has 4 bridgehead atoms. The maximum atomic E-state index is 12.4. The normalized spacial score (nSPS) is 31.5. The summed E-state index contributed by atoms with van der Waals surface area (Å²) < 4.78 is 5.25. The van der Waals surface area contributed by atoms with Gasteiger partial charge in [0.2, 0.25) is 0 Å². The van der Waals surface area contributed by atoms with Gasteiger partial charge in [0.25, 0.3) is 5.91 Å². The smallest absolute Gasteiger partial charge is 0.310 e. The van der Waals surface area contributed by atoms with E-state index in [2.05, 4.69) is 12.2 Å². The number of ether oxygens (including phenoxy) is 1. The molecule has 0 aromatic heterocycles. The first-order valence-electron chi connectivity index (χ1n) is 10.8. The summed E-state index contributed by atoms with van der Waals surface area (Å²) in [4.78, 5) is 24.5. The van der Waals surface area contributed by atoms with Gasteiger partial charge >= 0.3 is 5.97 Å². The minimum atomic E-state index is -0.346. The van der Waals surface area contributed by atoms with Crippen molar-refractivity contribution in [2.75, 3.05) is 6.61 Å². The second-order valence-corrected chi connectivity index (χ2v) is 9.83. The molecule has 1 aromatic carbocycles. The molecule has 1 atom stereocenters. The molecule has 1 amide bonds. The third-order valence-electron chi connectivity index (χ3n) is 7.67. The number of aryl methyl sites for hydroxylation is 2. The van der Waals surface area contributed by atoms with E-state index in [1.54, 1.807) is 0 Å². The molecule has 0 aliphatic heterocycles. The van der Waals surface area contributed by atoms with Gasteiger partial charge in [-0.15, -0.1) is 0 Å². The lowest BCUT2D eigenvalue weighted by Gasteiger charge is -2.59. The van der Waals surface area contributed by atoms with E-state index in [0.717, 1.165) is 28.9 Å². The Labute approximate surface area is 168 Å². The minimum absolute atomic E-state index is 0.159. The molecule has 4 saturated carbocycles. The molecule has 4 fully saturated rings. The van der Waals surface area contributed by atoms with Gasteiger partial charge < -0.3 is 10.1 Å². The number of esters is 1. The molecule has 1 N–H and O–H groups in total. The molecule has 28 heavy (non-hydrogen) atoms. The Hall–Kier alpha value is -1.84. The minimum Gasteiger partial charge on any atom is -0.455 e. The van der Waals surface area contributed by atoms with Crippen molar-refractivity contribution < 1.29 is 14.3 Å². The molecule has 4 aliphatic rings. The second kappa shape index (κ2) is 7.53. The van der Waals surface area contributed by atoms with Crippen molar-refractivity contribution in [2.24, 2.45) is 23.2 Å². The van der Waals surface area contributed by atoms with Crippen LogP contribution in [0, 0.1) is 37.0 Å². The van der Waals surface area contributed by atoms with Crippen LogP contribution >= 0.6 is 0 Å². The molecule has 4 nitrogen and oxygen atoms in total. The van der Waals surface area contributed by atoms with E-state index >= 15 is 0 Å². The fourth-order valence-corrected chi connectivity index (χ4v) is 6.42. The van der Waals surface area contributed by atoms with Gasteiger partial charge in [0.1, 0.15) is 0 Å². The molecule has 0 spiro atoms. The summed E-state index contributed by atoms with van der Waals surface area (Å²) in [5, 5.41) is 3.16. The Morgan fingerprint density at radius 3 is 2.25 bits per heavy atom. The molecule has 0 heterocycles. The van der Waals surface area contributed by atoms with E-state index in [9.17, 15) is 9.59 Å². The van der Waals surface area contributed by atoms with Crippen LogP contribution in [-0.4, -0.2) is 24.5 Å². The predicted octanol–water partition coefficient (Wildman–Crippen LogP) is 4.11. The molecule has 4 aliphatic carbocycles. The van der Waals surface area contributed by atoms with Crippen LogP contribution in [0.15, 0.2) is 18.2 Å². The van der Waals surface area contributed by atoms with E-state index in [0.29, 0.717) is 0 Å². The maximum Gasteiger partial charge on any atom is 0.310 e. The zero-order valence-corrected chi connectivity index (χ0v) is 17.4. The van der Waals surface area contributed by atoms with Crippen molar-refractivity contribution in [3.63, 3.8) is 0 Å². The van der Waals surface area contributed by atoms with Crippen LogP contribution in [0.4, 0.5) is 0 Å². The highest BCUT2D eigenvalue weighted by Gasteiger charge is 2.53. The van der Waals surface area contributed by atoms with E-state index in [-0.39, 0.29) is 36.4 Å². The Bertz CT molecular complexity index is 734. The van der Waals surface area contributed by atoms with Crippen LogP contribution in [-0.2, 0) is 20.7 Å². The quantitative estimate of drug-likeness (QED) is 0.752. The first kappa shape index (κ1) is 19.5. The van der Waals surface area contributed by atoms with Gasteiger partial charge in [0.05, 0.1) is 6.42 Å². The average Bonchev–Trinajstić information content (AvgIpc) is 2.62. The molecule has 0 unspecified atom stereocenters. The molecular weight excluding hydrogens is 350 g/mol. The van der Waals surface area contributed by atoms with Gasteiger partial charge in [-0.1, -0.05) is 18.2 Å². The van der Waals surface area contributed by atoms with Gasteiger partial charge in [-0.05, 0) is 99.2 Å². The number of amides is 1. The van der Waals surface area contributed by atoms with E-state index in [4.69, 9.17) is 4.74 Å². The molecule has 152 valence electrons. The molecule has 0 saturated heterocycles. The number of carbonyl (C=O) groups excluding carboxylic acids is 2. The van der Waals surface area contributed by atoms with Gasteiger partial charge in [-0.25, -0.2) is 0 Å². The standard InChI is InChI=1S/C24H33NO3/c1-15-4-5-18(6-16(15)2)10-23(27)28-14-22(26)25-17(3)24-11-19-7-20(12-24)9-21(8-19)13-24/h4-6,17,19-21H,7-14H2,1-3H3,(H,25,26)/t17-,19?,20?,21?,24?/m0/s1. The number of hydrogen-bond donors (Lipinski definition) is 1. The van der Waals surface area contributed by atoms with Crippen molar-refractivity contribution in [1.82, 2.24) is 5.32 Å². The Morgan fingerprint density at radius 1 is 1.07 bits per heavy atom. The number of hydrogen-bond acceptors (Lipinski definition) is 3. The number of nitrogens with one attached hydrogen (secondary N) is 1. The SMILES string of the molecule is Cc1ccc(CC(=O)OCC(=O)N[C@@H](C)C23CC4CC(CC(C4)C2)C3)cc1C. The molecule has 1 aromatic rings. The first-order chi connectivity index (χ1) is 13.3. The Kier molecular flexibility index (Phi) is 5.24. The fourth-order valence-electron chi connectivity index (χ4n) is 6.42. The first-order valence-corrected chi connectivity index (χ1v) is 10.8. The summed E-state index contributed by atoms with van der Waals surface area (Å²) in [6.45, 7) is 6.05. The lowest BCUT2D eigenvalue weighted by atomic mass is 9.48. The summed E-state index contributed by atoms with van der Waals surface area (Å²) in [6.07, 6.45) is 8.17. The van der Waals surface area contributed by atoms with Gasteiger partial charge in [-0.2, -0.15) is 0 Å². The van der Waals surface area contributed by atoms with Crippen molar-refractivity contribution in [2.45, 2.75) is 71.8 Å². The summed E-state index contributed by atoms with van der Waals surface area (Å²) in [5.41, 5.74) is 3.56. The maximum absolute atomic E-state index is 12.4. The lowest BCUT2D eigenvalue weighted by molar-refractivity contribution is -0.148. The fraction of sp³-hybridized carbons (Fsp3) is 0.667. The zero-order chi connectivity index (χ0) is 19.9. The summed E-state index contributed by atoms with van der Waals surface area (Å²) in [5.74, 6) is 2.07. The number of benzene rings is 1. The highest BCUT2D eigenvalue weighted by atomic mass is 16.5. The molecule has 4 heteroatoms. The number of carbonyl (C=O) groups is 2. The summed E-state index contributed by atoms with van der Waals surface area (Å²) in [6, 6.07) is 6.12. The zero-order valence-electron chi connectivity index (χ0n) is 17.4. The largest absolute Gasteiger partial charge is 0.455 e. The predicted molar refractivity (Wildman–Crippen MR) is 109 cm³/mol. The highest BCUT2D eigenvalue weighted by molar-refractivity contribution is 5.81. The summed E-state index contributed by atoms with van der Waals surface area (Å²) >= 11 is 0. The second-order valence-electron chi connectivity index (χ2n) is 9.83. The van der Waals surface area contributed by atoms with Crippen molar-refractivity contribution in [3.05, 3.63) is 34.9 Å². The molecular formula is C24H33NO3. The van der Waals surface area contributed by atoms with Crippen LogP contribution in [0.25, 0.3) is 0 Å².